The van der Waals surface area contributed by atoms with Crippen molar-refractivity contribution in [1.29, 1.82) is 0 Å². The van der Waals surface area contributed by atoms with Crippen LogP contribution in [0.15, 0.2) is 63.6 Å². The largest absolute Gasteiger partial charge is 0.431 e. The summed E-state index contributed by atoms with van der Waals surface area (Å²) in [6.07, 6.45) is 0. The Hall–Kier alpha value is -3.61. The number of benzene rings is 2. The monoisotopic (exact) mass is 552 g/mol. The number of aryl methyl sites for hydroxylation is 1. The summed E-state index contributed by atoms with van der Waals surface area (Å²) in [6.45, 7) is 9.10. The first-order chi connectivity index (χ1) is 18.1. The highest BCUT2D eigenvalue weighted by molar-refractivity contribution is 7.98. The van der Waals surface area contributed by atoms with E-state index in [0.29, 0.717) is 46.7 Å². The zero-order valence-corrected chi connectivity index (χ0v) is 23.2. The molecule has 1 aliphatic heterocycles. The first-order valence-corrected chi connectivity index (χ1v) is 14.4. The molecule has 12 heteroatoms. The van der Waals surface area contributed by atoms with Gasteiger partial charge in [-0.2, -0.15) is 0 Å². The molecule has 0 atom stereocenters. The summed E-state index contributed by atoms with van der Waals surface area (Å²) >= 11 is 1.35. The molecule has 2 aromatic carbocycles. The quantitative estimate of drug-likeness (QED) is 0.318. The molecule has 5 rings (SSSR count). The van der Waals surface area contributed by atoms with E-state index in [1.54, 1.807) is 11.0 Å². The van der Waals surface area contributed by atoms with Crippen molar-refractivity contribution in [1.82, 2.24) is 24.2 Å². The van der Waals surface area contributed by atoms with E-state index in [1.165, 1.54) is 38.0 Å². The summed E-state index contributed by atoms with van der Waals surface area (Å²) in [7, 11) is -0.610. The van der Waals surface area contributed by atoms with Crippen LogP contribution >= 0.6 is 11.8 Å². The smallest absolute Gasteiger partial charge is 0.327 e. The number of sulfonamides is 1. The lowest BCUT2D eigenvalue weighted by Crippen LogP contribution is -2.43. The lowest BCUT2D eigenvalue weighted by molar-refractivity contribution is 0.249. The molecule has 0 saturated carbocycles. The second kappa shape index (κ2) is 9.93. The topological polar surface area (TPSA) is 114 Å². The molecule has 198 valence electrons. The van der Waals surface area contributed by atoms with Gasteiger partial charge in [0.15, 0.2) is 11.4 Å². The van der Waals surface area contributed by atoms with Crippen molar-refractivity contribution in [2.24, 2.45) is 0 Å². The standard InChI is InChI=1S/C26H28N6O4S2/c1-6-31-22(15-37-26-28-20-13-19(11-12-21(20)36-26)38(34,35)30(4)5)29-24-23(31)17(3)27-25(33)32(24)14-18-9-7-16(2)8-10-18/h7-13H,3,6,14-15H2,1-2,4-5H3,(H,27,33). The number of fused-ring (bicyclic) bond motifs is 2. The Bertz CT molecular complexity index is 1650. The van der Waals surface area contributed by atoms with Gasteiger partial charge in [0.05, 0.1) is 22.9 Å². The van der Waals surface area contributed by atoms with Gasteiger partial charge in [-0.15, -0.1) is 0 Å². The number of amides is 2. The SMILES string of the molecule is C=C1NC(=O)N(Cc2ccc(C)cc2)c2nc(CSc3nc4cc(S(=O)(=O)N(C)C)ccc4o3)n(CC)c21. The van der Waals surface area contributed by atoms with Crippen molar-refractivity contribution in [3.8, 4) is 0 Å². The number of nitrogens with one attached hydrogen (secondary N) is 1. The molecule has 10 nitrogen and oxygen atoms in total. The number of urea groups is 1. The van der Waals surface area contributed by atoms with Crippen LogP contribution in [0.25, 0.3) is 16.8 Å². The van der Waals surface area contributed by atoms with E-state index in [0.717, 1.165) is 27.0 Å². The van der Waals surface area contributed by atoms with Crippen LogP contribution < -0.4 is 10.2 Å². The number of nitrogens with zero attached hydrogens (tertiary/aromatic N) is 5. The molecule has 1 N–H and O–H groups in total. The van der Waals surface area contributed by atoms with E-state index in [2.05, 4.69) is 16.9 Å². The summed E-state index contributed by atoms with van der Waals surface area (Å²) in [5, 5.41) is 3.26. The van der Waals surface area contributed by atoms with Crippen molar-refractivity contribution < 1.29 is 17.6 Å². The number of carbonyl (C=O) groups excluding carboxylic acids is 1. The first kappa shape index (κ1) is 26.0. The number of anilines is 1. The van der Waals surface area contributed by atoms with Crippen LogP contribution in [0.4, 0.5) is 10.6 Å². The fraction of sp³-hybridized carbons (Fsp3) is 0.269. The lowest BCUT2D eigenvalue weighted by Gasteiger charge is -2.28. The van der Waals surface area contributed by atoms with Crippen LogP contribution in [-0.4, -0.2) is 47.4 Å². The molecule has 0 fully saturated rings. The van der Waals surface area contributed by atoms with Gasteiger partial charge in [0.2, 0.25) is 10.0 Å². The molecule has 0 spiro atoms. The predicted molar refractivity (Wildman–Crippen MR) is 147 cm³/mol. The number of aromatic nitrogens is 3. The maximum absolute atomic E-state index is 12.9. The normalized spacial score (nSPS) is 13.9. The van der Waals surface area contributed by atoms with E-state index in [9.17, 15) is 13.2 Å². The molecule has 38 heavy (non-hydrogen) atoms. The average molecular weight is 553 g/mol. The van der Waals surface area contributed by atoms with E-state index >= 15 is 0 Å². The third-order valence-electron chi connectivity index (χ3n) is 6.29. The second-order valence-electron chi connectivity index (χ2n) is 9.11. The van der Waals surface area contributed by atoms with E-state index in [-0.39, 0.29) is 10.9 Å². The number of oxazole rings is 1. The van der Waals surface area contributed by atoms with Crippen molar-refractivity contribution in [2.45, 2.75) is 42.8 Å². The molecule has 0 aliphatic carbocycles. The van der Waals surface area contributed by atoms with Crippen LogP contribution in [0.2, 0.25) is 0 Å². The number of thioether (sulfide) groups is 1. The maximum Gasteiger partial charge on any atom is 0.327 e. The Kier molecular flexibility index (Phi) is 6.80. The van der Waals surface area contributed by atoms with Crippen LogP contribution in [0.3, 0.4) is 0 Å². The molecular formula is C26H28N6O4S2. The molecule has 0 unspecified atom stereocenters. The van der Waals surface area contributed by atoms with Gasteiger partial charge in [-0.05, 0) is 37.6 Å². The van der Waals surface area contributed by atoms with E-state index < -0.39 is 10.0 Å². The molecule has 1 aliphatic rings. The molecule has 2 aromatic heterocycles. The Morgan fingerprint density at radius 1 is 1.13 bits per heavy atom. The Morgan fingerprint density at radius 3 is 2.55 bits per heavy atom. The fourth-order valence-electron chi connectivity index (χ4n) is 4.24. The van der Waals surface area contributed by atoms with Gasteiger partial charge in [-0.1, -0.05) is 48.2 Å². The van der Waals surface area contributed by atoms with E-state index in [4.69, 9.17) is 9.40 Å². The minimum absolute atomic E-state index is 0.151. The van der Waals surface area contributed by atoms with Gasteiger partial charge in [0.1, 0.15) is 17.0 Å². The van der Waals surface area contributed by atoms with Crippen LogP contribution in [0.5, 0.6) is 0 Å². The van der Waals surface area contributed by atoms with Crippen LogP contribution in [0, 0.1) is 6.92 Å². The van der Waals surface area contributed by atoms with Crippen LogP contribution in [-0.2, 0) is 28.9 Å². The summed E-state index contributed by atoms with van der Waals surface area (Å²) in [6, 6.07) is 12.4. The van der Waals surface area contributed by atoms with Gasteiger partial charge < -0.3 is 14.3 Å². The van der Waals surface area contributed by atoms with Gasteiger partial charge in [0, 0.05) is 20.6 Å². The zero-order chi connectivity index (χ0) is 27.2. The molecule has 2 amide bonds. The average Bonchev–Trinajstić information content (AvgIpc) is 3.46. The van der Waals surface area contributed by atoms with Gasteiger partial charge in [0.25, 0.3) is 5.22 Å². The number of hydrogen-bond donors (Lipinski definition) is 1. The molecular weight excluding hydrogens is 524 g/mol. The Morgan fingerprint density at radius 2 is 1.87 bits per heavy atom. The highest BCUT2D eigenvalue weighted by Crippen LogP contribution is 2.34. The van der Waals surface area contributed by atoms with Crippen molar-refractivity contribution in [3.63, 3.8) is 0 Å². The number of hydrogen-bond acceptors (Lipinski definition) is 7. The number of imidazole rings is 1. The Labute approximate surface area is 225 Å². The third-order valence-corrected chi connectivity index (χ3v) is 8.93. The molecule has 0 bridgehead atoms. The zero-order valence-electron chi connectivity index (χ0n) is 21.6. The molecule has 4 aromatic rings. The van der Waals surface area contributed by atoms with Crippen molar-refractivity contribution in [2.75, 3.05) is 19.0 Å². The minimum Gasteiger partial charge on any atom is -0.431 e. The molecule has 0 radical (unpaired) electrons. The minimum atomic E-state index is -3.58. The maximum atomic E-state index is 12.9. The van der Waals surface area contributed by atoms with Crippen molar-refractivity contribution in [3.05, 3.63) is 71.7 Å². The summed E-state index contributed by atoms with van der Waals surface area (Å²) < 4.78 is 34.0. The first-order valence-electron chi connectivity index (χ1n) is 12.0. The lowest BCUT2D eigenvalue weighted by atomic mass is 10.1. The van der Waals surface area contributed by atoms with Crippen LogP contribution in [0.1, 0.15) is 29.6 Å². The Balaban J connectivity index is 1.42. The summed E-state index contributed by atoms with van der Waals surface area (Å²) in [5.41, 5.74) is 4.37. The summed E-state index contributed by atoms with van der Waals surface area (Å²) in [4.78, 5) is 24.0. The fourth-order valence-corrected chi connectivity index (χ4v) is 5.95. The van der Waals surface area contributed by atoms with Gasteiger partial charge >= 0.3 is 6.03 Å². The predicted octanol–water partition coefficient (Wildman–Crippen LogP) is 4.60. The summed E-state index contributed by atoms with van der Waals surface area (Å²) in [5.74, 6) is 1.73. The third kappa shape index (κ3) is 4.70. The second-order valence-corrected chi connectivity index (χ2v) is 12.2. The highest BCUT2D eigenvalue weighted by Gasteiger charge is 2.32. The number of rotatable bonds is 8. The van der Waals surface area contributed by atoms with Crippen molar-refractivity contribution >= 4 is 50.4 Å². The number of carbonyl (C=O) groups is 1. The molecule has 3 heterocycles. The van der Waals surface area contributed by atoms with Gasteiger partial charge in [-0.3, -0.25) is 4.90 Å². The molecule has 0 saturated heterocycles. The van der Waals surface area contributed by atoms with E-state index in [1.807, 2.05) is 42.7 Å². The highest BCUT2D eigenvalue weighted by atomic mass is 32.2. The van der Waals surface area contributed by atoms with Gasteiger partial charge in [-0.25, -0.2) is 27.5 Å².